The lowest BCUT2D eigenvalue weighted by Crippen LogP contribution is -2.17. The molecule has 1 N–H and O–H groups in total. The average Bonchev–Trinajstić information content (AvgIpc) is 2.77. The molecule has 0 radical (unpaired) electrons. The van der Waals surface area contributed by atoms with E-state index in [9.17, 15) is 0 Å². The van der Waals surface area contributed by atoms with Crippen LogP contribution in [-0.2, 0) is 30.2 Å². The van der Waals surface area contributed by atoms with Crippen LogP contribution in [0.25, 0.3) is 0 Å². The molecule has 3 aromatic rings. The number of rotatable bonds is 9. The fourth-order valence-electron chi connectivity index (χ4n) is 3.92. The van der Waals surface area contributed by atoms with Gasteiger partial charge in [-0.15, -0.1) is 0 Å². The molecule has 0 heterocycles. The van der Waals surface area contributed by atoms with Gasteiger partial charge < -0.3 is 15.0 Å². The Morgan fingerprint density at radius 2 is 1.12 bits per heavy atom. The first-order valence-electron chi connectivity index (χ1n) is 11.4. The van der Waals surface area contributed by atoms with Gasteiger partial charge in [0, 0.05) is 11.1 Å². The molecule has 0 saturated heterocycles. The Morgan fingerprint density at radius 3 is 1.47 bits per heavy atom. The third-order valence-corrected chi connectivity index (χ3v) is 7.46. The third-order valence-electron chi connectivity index (χ3n) is 5.04. The molecule has 3 nitrogen and oxygen atoms in total. The average molecular weight is 451 g/mol. The zero-order chi connectivity index (χ0) is 23.3. The first-order valence-corrected chi connectivity index (χ1v) is 12.6. The molecule has 0 bridgehead atoms. The molecule has 0 saturated carbocycles. The Morgan fingerprint density at radius 1 is 0.750 bits per heavy atom. The fourth-order valence-corrected chi connectivity index (χ4v) is 6.37. The maximum absolute atomic E-state index is 8.44. The molecule has 0 aromatic heterocycles. The molecule has 3 rings (SSSR count). The van der Waals surface area contributed by atoms with Crippen molar-refractivity contribution in [2.75, 3.05) is 0 Å². The number of carboxylic acid groups (broad SMARTS) is 2. The van der Waals surface area contributed by atoms with Crippen LogP contribution in [-0.4, -0.2) is 11.3 Å². The summed E-state index contributed by atoms with van der Waals surface area (Å²) in [5, 5.41) is 15.3. The van der Waals surface area contributed by atoms with Gasteiger partial charge in [0.1, 0.15) is 0 Å². The SMILES string of the molecule is CCCc1cc(CCC)c([S+](c2ccccc2)c2ccccc2)c(CCC)c1.O=C([O-])O. The largest absolute Gasteiger partial charge is 0.565 e. The molecule has 4 heteroatoms. The molecule has 170 valence electrons. The van der Waals surface area contributed by atoms with Crippen molar-refractivity contribution in [2.24, 2.45) is 0 Å². The van der Waals surface area contributed by atoms with Gasteiger partial charge in [0.2, 0.25) is 6.16 Å². The zero-order valence-electron chi connectivity index (χ0n) is 19.3. The summed E-state index contributed by atoms with van der Waals surface area (Å²) in [6, 6.07) is 27.2. The van der Waals surface area contributed by atoms with Crippen LogP contribution in [0, 0.1) is 0 Å². The van der Waals surface area contributed by atoms with Gasteiger partial charge in [-0.1, -0.05) is 88.6 Å². The number of benzene rings is 3. The fraction of sp³-hybridized carbons (Fsp3) is 0.321. The highest BCUT2D eigenvalue weighted by Crippen LogP contribution is 2.37. The maximum Gasteiger partial charge on any atom is 0.249 e. The first kappa shape index (κ1) is 25.5. The monoisotopic (exact) mass is 450 g/mol. The minimum atomic E-state index is -2.08. The molecule has 0 aliphatic carbocycles. The van der Waals surface area contributed by atoms with Crippen LogP contribution >= 0.6 is 0 Å². The predicted octanol–water partition coefficient (Wildman–Crippen LogP) is 6.53. The molecular weight excluding hydrogens is 416 g/mol. The number of hydrogen-bond acceptors (Lipinski definition) is 2. The smallest absolute Gasteiger partial charge is 0.249 e. The number of carbonyl (C=O) groups is 1. The van der Waals surface area contributed by atoms with Crippen molar-refractivity contribution in [3.8, 4) is 0 Å². The minimum Gasteiger partial charge on any atom is -0.565 e. The van der Waals surface area contributed by atoms with E-state index >= 15 is 0 Å². The van der Waals surface area contributed by atoms with Crippen LogP contribution in [0.3, 0.4) is 0 Å². The predicted molar refractivity (Wildman–Crippen MR) is 131 cm³/mol. The van der Waals surface area contributed by atoms with Gasteiger partial charge in [-0.3, -0.25) is 0 Å². The molecular formula is C28H34O3S. The van der Waals surface area contributed by atoms with Crippen LogP contribution in [0.1, 0.15) is 56.7 Å². The summed E-state index contributed by atoms with van der Waals surface area (Å²) in [5.41, 5.74) is 4.64. The van der Waals surface area contributed by atoms with Gasteiger partial charge in [-0.25, -0.2) is 0 Å². The highest BCUT2D eigenvalue weighted by atomic mass is 32.2. The Kier molecular flexibility index (Phi) is 10.9. The van der Waals surface area contributed by atoms with E-state index in [0.717, 1.165) is 12.8 Å². The van der Waals surface area contributed by atoms with E-state index in [-0.39, 0.29) is 10.9 Å². The van der Waals surface area contributed by atoms with Crippen molar-refractivity contribution in [3.05, 3.63) is 89.5 Å². The summed E-state index contributed by atoms with van der Waals surface area (Å²) < 4.78 is 0. The molecule has 0 amide bonds. The van der Waals surface area contributed by atoms with Crippen molar-refractivity contribution in [1.82, 2.24) is 0 Å². The molecule has 0 atom stereocenters. The van der Waals surface area contributed by atoms with Crippen molar-refractivity contribution in [1.29, 1.82) is 0 Å². The molecule has 0 unspecified atom stereocenters. The Hall–Kier alpha value is -2.72. The van der Waals surface area contributed by atoms with Gasteiger partial charge in [-0.2, -0.15) is 0 Å². The lowest BCUT2D eigenvalue weighted by atomic mass is 9.97. The summed E-state index contributed by atoms with van der Waals surface area (Å²) in [6.45, 7) is 6.89. The Balaban J connectivity index is 0.000000837. The van der Waals surface area contributed by atoms with Crippen LogP contribution in [0.2, 0.25) is 0 Å². The van der Waals surface area contributed by atoms with E-state index < -0.39 is 6.16 Å². The summed E-state index contributed by atoms with van der Waals surface area (Å²) >= 11 is 0. The van der Waals surface area contributed by atoms with Crippen molar-refractivity contribution in [2.45, 2.75) is 74.0 Å². The van der Waals surface area contributed by atoms with Gasteiger partial charge in [0.15, 0.2) is 14.7 Å². The topological polar surface area (TPSA) is 60.4 Å². The molecule has 0 aliphatic rings. The molecule has 0 fully saturated rings. The van der Waals surface area contributed by atoms with E-state index in [2.05, 4.69) is 93.6 Å². The Labute approximate surface area is 195 Å². The van der Waals surface area contributed by atoms with Crippen molar-refractivity contribution < 1.29 is 15.0 Å². The Bertz CT molecular complexity index is 884. The lowest BCUT2D eigenvalue weighted by molar-refractivity contribution is -0.275. The van der Waals surface area contributed by atoms with E-state index in [1.54, 1.807) is 16.0 Å². The summed E-state index contributed by atoms with van der Waals surface area (Å²) in [7, 11) is -0.0529. The van der Waals surface area contributed by atoms with E-state index in [0.29, 0.717) is 0 Å². The van der Waals surface area contributed by atoms with Gasteiger partial charge >= 0.3 is 0 Å². The second-order valence-electron chi connectivity index (χ2n) is 7.69. The zero-order valence-corrected chi connectivity index (χ0v) is 20.2. The third kappa shape index (κ3) is 7.45. The van der Waals surface area contributed by atoms with Crippen molar-refractivity contribution in [3.63, 3.8) is 0 Å². The highest BCUT2D eigenvalue weighted by molar-refractivity contribution is 7.97. The van der Waals surface area contributed by atoms with Crippen LogP contribution in [0.15, 0.2) is 87.5 Å². The van der Waals surface area contributed by atoms with E-state index in [1.165, 1.54) is 41.0 Å². The summed E-state index contributed by atoms with van der Waals surface area (Å²) in [4.78, 5) is 12.9. The van der Waals surface area contributed by atoms with E-state index in [4.69, 9.17) is 15.0 Å². The maximum atomic E-state index is 8.44. The van der Waals surface area contributed by atoms with Crippen molar-refractivity contribution >= 4 is 17.1 Å². The summed E-state index contributed by atoms with van der Waals surface area (Å²) in [6.07, 6.45) is 5.00. The van der Waals surface area contributed by atoms with Crippen LogP contribution in [0.4, 0.5) is 4.79 Å². The van der Waals surface area contributed by atoms with Gasteiger partial charge in [-0.05, 0) is 49.1 Å². The van der Waals surface area contributed by atoms with Crippen LogP contribution < -0.4 is 5.11 Å². The molecule has 3 aromatic carbocycles. The second kappa shape index (κ2) is 13.6. The minimum absolute atomic E-state index is 0.0529. The number of hydrogen-bond donors (Lipinski definition) is 1. The molecule has 32 heavy (non-hydrogen) atoms. The van der Waals surface area contributed by atoms with Crippen LogP contribution in [0.5, 0.6) is 0 Å². The number of aryl methyl sites for hydroxylation is 3. The van der Waals surface area contributed by atoms with E-state index in [1.807, 2.05) is 0 Å². The normalized spacial score (nSPS) is 10.5. The standard InChI is InChI=1S/C27H33S.CH2O3/c1-4-13-22-20-23(14-5-2)27(24(21-22)15-6-3)28(25-16-9-7-10-17-25)26-18-11-8-12-19-26;2-1(3)4/h7-12,16-21H,4-6,13-15H2,1-3H3;(H2,2,3,4)/q+1;/p-1. The molecule has 0 spiro atoms. The first-order chi connectivity index (χ1) is 15.5. The summed E-state index contributed by atoms with van der Waals surface area (Å²) in [5.74, 6) is 0. The highest BCUT2D eigenvalue weighted by Gasteiger charge is 2.33. The van der Waals surface area contributed by atoms with Gasteiger partial charge in [0.05, 0.1) is 10.9 Å². The second-order valence-corrected chi connectivity index (χ2v) is 9.65. The van der Waals surface area contributed by atoms with Gasteiger partial charge in [0.25, 0.3) is 0 Å². The molecule has 0 aliphatic heterocycles. The lowest BCUT2D eigenvalue weighted by Gasteiger charge is -2.17. The quantitative estimate of drug-likeness (QED) is 0.377.